The van der Waals surface area contributed by atoms with Gasteiger partial charge in [-0.25, -0.2) is 4.79 Å². The van der Waals surface area contributed by atoms with Gasteiger partial charge in [0, 0.05) is 25.1 Å². The zero-order valence-electron chi connectivity index (χ0n) is 17.8. The fourth-order valence-corrected chi connectivity index (χ4v) is 3.46. The second kappa shape index (κ2) is 10.7. The van der Waals surface area contributed by atoms with Gasteiger partial charge in [0.15, 0.2) is 6.29 Å². The highest BCUT2D eigenvalue weighted by Gasteiger charge is 2.15. The fourth-order valence-electron chi connectivity index (χ4n) is 3.46. The molecule has 1 fully saturated rings. The number of aromatic carboxylic acids is 1. The summed E-state index contributed by atoms with van der Waals surface area (Å²) in [6.07, 6.45) is 4.47. The molecule has 2 heterocycles. The summed E-state index contributed by atoms with van der Waals surface area (Å²) >= 11 is 0. The minimum absolute atomic E-state index is 0.140. The highest BCUT2D eigenvalue weighted by molar-refractivity contribution is 6.08. The van der Waals surface area contributed by atoms with Crippen LogP contribution in [0.25, 0.3) is 10.9 Å². The average Bonchev–Trinajstić information content (AvgIpc) is 3.19. The van der Waals surface area contributed by atoms with Gasteiger partial charge in [-0.2, -0.15) is 0 Å². The minimum atomic E-state index is -0.916. The van der Waals surface area contributed by atoms with Crippen molar-refractivity contribution in [1.82, 2.24) is 4.57 Å². The lowest BCUT2D eigenvalue weighted by molar-refractivity contribution is -0.168. The molecule has 1 atom stereocenters. The number of aromatic nitrogens is 1. The Hall–Kier alpha value is -3.49. The van der Waals surface area contributed by atoms with E-state index < -0.39 is 11.9 Å². The topological polar surface area (TPSA) is 121 Å². The molecule has 0 bridgehead atoms. The second-order valence-corrected chi connectivity index (χ2v) is 7.43. The number of benzene rings is 2. The fraction of sp³-hybridized carbons (Fsp3) is 0.292. The molecule has 1 aromatic heterocycles. The second-order valence-electron chi connectivity index (χ2n) is 7.43. The quantitative estimate of drug-likeness (QED) is 0.625. The molecule has 0 radical (unpaired) electrons. The Kier molecular flexibility index (Phi) is 7.75. The summed E-state index contributed by atoms with van der Waals surface area (Å²) in [7, 11) is 0. The summed E-state index contributed by atoms with van der Waals surface area (Å²) in [5, 5.41) is 9.57. The van der Waals surface area contributed by atoms with E-state index in [-0.39, 0.29) is 17.8 Å². The number of carbonyl (C=O) groups excluding carboxylic acids is 2. The van der Waals surface area contributed by atoms with Crippen molar-refractivity contribution in [2.45, 2.75) is 39.1 Å². The zero-order valence-corrected chi connectivity index (χ0v) is 17.8. The smallest absolute Gasteiger partial charge is 0.335 e. The van der Waals surface area contributed by atoms with Gasteiger partial charge in [0.2, 0.25) is 5.91 Å². The van der Waals surface area contributed by atoms with Crippen LogP contribution < -0.4 is 5.73 Å². The van der Waals surface area contributed by atoms with Crippen molar-refractivity contribution in [2.75, 3.05) is 6.61 Å². The highest BCUT2D eigenvalue weighted by Crippen LogP contribution is 2.20. The number of rotatable bonds is 5. The highest BCUT2D eigenvalue weighted by atomic mass is 16.7. The molecule has 0 saturated carbocycles. The molecule has 1 unspecified atom stereocenters. The molecule has 0 spiro atoms. The van der Waals surface area contributed by atoms with E-state index >= 15 is 0 Å². The van der Waals surface area contributed by atoms with Gasteiger partial charge in [0.05, 0.1) is 23.3 Å². The first kappa shape index (κ1) is 23.2. The van der Waals surface area contributed by atoms with Crippen LogP contribution in [-0.2, 0) is 16.1 Å². The molecule has 2 aromatic carbocycles. The summed E-state index contributed by atoms with van der Waals surface area (Å²) in [5.74, 6) is -1.58. The van der Waals surface area contributed by atoms with Crippen molar-refractivity contribution in [3.63, 3.8) is 0 Å². The monoisotopic (exact) mass is 438 g/mol. The number of carboxylic acid groups (broad SMARTS) is 1. The molecule has 1 aliphatic heterocycles. The standard InChI is InChI=1S/C13H16O4.C11H10N2O2/c14-13(15)11-5-3-4-10(8-11)9-17-12-6-1-2-7-16-12;1-7(14)13-6-9(11(12)15)8-4-2-3-5-10(8)13/h3-5,8,12H,1-2,6-7,9H2,(H,14,15);2-6H,1H3,(H2,12,15). The van der Waals surface area contributed by atoms with Crippen LogP contribution in [-0.4, -0.2) is 40.4 Å². The number of nitrogens with zero attached hydrogens (tertiary/aromatic N) is 1. The SMILES string of the molecule is CC(=O)n1cc(C(N)=O)c2ccccc21.O=C(O)c1cccc(COC2CCCCO2)c1. The van der Waals surface area contributed by atoms with Crippen LogP contribution in [0.2, 0.25) is 0 Å². The van der Waals surface area contributed by atoms with Gasteiger partial charge in [-0.1, -0.05) is 30.3 Å². The molecule has 1 amide bonds. The first-order chi connectivity index (χ1) is 15.4. The maximum Gasteiger partial charge on any atom is 0.335 e. The van der Waals surface area contributed by atoms with Gasteiger partial charge in [0.1, 0.15) is 0 Å². The van der Waals surface area contributed by atoms with E-state index in [0.29, 0.717) is 23.1 Å². The predicted molar refractivity (Wildman–Crippen MR) is 119 cm³/mol. The molecule has 0 aliphatic carbocycles. The predicted octanol–water partition coefficient (Wildman–Crippen LogP) is 3.83. The number of para-hydroxylation sites is 1. The number of primary amides is 1. The van der Waals surface area contributed by atoms with Gasteiger partial charge in [0.25, 0.3) is 5.91 Å². The number of fused-ring (bicyclic) bond motifs is 1. The third kappa shape index (κ3) is 5.81. The van der Waals surface area contributed by atoms with E-state index in [2.05, 4.69) is 0 Å². The van der Waals surface area contributed by atoms with E-state index in [0.717, 1.165) is 31.4 Å². The van der Waals surface area contributed by atoms with Crippen LogP contribution >= 0.6 is 0 Å². The molecular weight excluding hydrogens is 412 g/mol. The van der Waals surface area contributed by atoms with Crippen LogP contribution in [0.15, 0.2) is 54.7 Å². The van der Waals surface area contributed by atoms with Crippen LogP contribution in [0.3, 0.4) is 0 Å². The van der Waals surface area contributed by atoms with Crippen molar-refractivity contribution in [2.24, 2.45) is 5.73 Å². The Labute approximate surface area is 185 Å². The summed E-state index contributed by atoms with van der Waals surface area (Å²) < 4.78 is 12.5. The van der Waals surface area contributed by atoms with Crippen molar-refractivity contribution in [3.8, 4) is 0 Å². The van der Waals surface area contributed by atoms with E-state index in [1.807, 2.05) is 12.1 Å². The molecule has 3 aromatic rings. The number of carboxylic acids is 1. The maximum atomic E-state index is 11.3. The lowest BCUT2D eigenvalue weighted by Gasteiger charge is -2.22. The van der Waals surface area contributed by atoms with Crippen LogP contribution in [0, 0.1) is 0 Å². The number of ether oxygens (including phenoxy) is 2. The number of carbonyl (C=O) groups is 3. The number of amides is 1. The average molecular weight is 438 g/mol. The molecule has 32 heavy (non-hydrogen) atoms. The molecule has 4 rings (SSSR count). The number of nitrogens with two attached hydrogens (primary N) is 1. The third-order valence-corrected chi connectivity index (χ3v) is 5.06. The van der Waals surface area contributed by atoms with Crippen molar-refractivity contribution in [1.29, 1.82) is 0 Å². The van der Waals surface area contributed by atoms with E-state index in [1.165, 1.54) is 17.7 Å². The number of hydrogen-bond acceptors (Lipinski definition) is 5. The molecule has 1 saturated heterocycles. The molecule has 168 valence electrons. The van der Waals surface area contributed by atoms with Gasteiger partial charge in [-0.05, 0) is 43.0 Å². The summed E-state index contributed by atoms with van der Waals surface area (Å²) in [4.78, 5) is 33.2. The molecule has 3 N–H and O–H groups in total. The Morgan fingerprint density at radius 3 is 2.59 bits per heavy atom. The van der Waals surface area contributed by atoms with Gasteiger partial charge < -0.3 is 20.3 Å². The first-order valence-electron chi connectivity index (χ1n) is 10.3. The molecule has 1 aliphatic rings. The van der Waals surface area contributed by atoms with Crippen LogP contribution in [0.1, 0.15) is 57.3 Å². The largest absolute Gasteiger partial charge is 0.478 e. The first-order valence-corrected chi connectivity index (χ1v) is 10.3. The zero-order chi connectivity index (χ0) is 23.1. The Morgan fingerprint density at radius 2 is 1.94 bits per heavy atom. The van der Waals surface area contributed by atoms with Gasteiger partial charge in [-0.15, -0.1) is 0 Å². The van der Waals surface area contributed by atoms with Crippen LogP contribution in [0.5, 0.6) is 0 Å². The van der Waals surface area contributed by atoms with Crippen LogP contribution in [0.4, 0.5) is 0 Å². The van der Waals surface area contributed by atoms with Gasteiger partial charge in [-0.3, -0.25) is 14.2 Å². The van der Waals surface area contributed by atoms with E-state index in [1.54, 1.807) is 36.4 Å². The number of hydrogen-bond donors (Lipinski definition) is 2. The van der Waals surface area contributed by atoms with E-state index in [9.17, 15) is 14.4 Å². The van der Waals surface area contributed by atoms with Crippen molar-refractivity contribution >= 4 is 28.7 Å². The third-order valence-electron chi connectivity index (χ3n) is 5.06. The molecule has 8 heteroatoms. The lowest BCUT2D eigenvalue weighted by atomic mass is 10.1. The Bertz CT molecular complexity index is 1070. The summed E-state index contributed by atoms with van der Waals surface area (Å²) in [5.41, 5.74) is 7.46. The minimum Gasteiger partial charge on any atom is -0.478 e. The van der Waals surface area contributed by atoms with Crippen molar-refractivity contribution in [3.05, 3.63) is 71.4 Å². The maximum absolute atomic E-state index is 11.3. The Balaban J connectivity index is 0.000000182. The summed E-state index contributed by atoms with van der Waals surface area (Å²) in [6, 6.07) is 14.0. The van der Waals surface area contributed by atoms with Gasteiger partial charge >= 0.3 is 5.97 Å². The molecule has 8 nitrogen and oxygen atoms in total. The van der Waals surface area contributed by atoms with Crippen molar-refractivity contribution < 1.29 is 29.0 Å². The molecular formula is C24H26N2O6. The normalized spacial score (nSPS) is 15.6. The van der Waals surface area contributed by atoms with E-state index in [4.69, 9.17) is 20.3 Å². The Morgan fingerprint density at radius 1 is 1.16 bits per heavy atom. The lowest BCUT2D eigenvalue weighted by Crippen LogP contribution is -2.22. The summed E-state index contributed by atoms with van der Waals surface area (Å²) in [6.45, 7) is 2.59.